The van der Waals surface area contributed by atoms with Gasteiger partial charge in [0.15, 0.2) is 0 Å². The van der Waals surface area contributed by atoms with Crippen LogP contribution in [0.3, 0.4) is 0 Å². The number of hydrogen-bond donors (Lipinski definition) is 0. The molecule has 1 nitrogen and oxygen atoms in total. The highest BCUT2D eigenvalue weighted by molar-refractivity contribution is 9.09. The zero-order valence-electron chi connectivity index (χ0n) is 8.97. The van der Waals surface area contributed by atoms with E-state index in [1.807, 2.05) is 0 Å². The zero-order valence-corrected chi connectivity index (χ0v) is 11.4. The van der Waals surface area contributed by atoms with Crippen LogP contribution in [-0.4, -0.2) is 17.4 Å². The molecule has 0 heterocycles. The van der Waals surface area contributed by atoms with Crippen molar-refractivity contribution in [2.45, 2.75) is 17.5 Å². The maximum Gasteiger partial charge on any atom is 0.416 e. The average molecular weight is 327 g/mol. The van der Waals surface area contributed by atoms with Gasteiger partial charge in [0, 0.05) is 11.3 Å². The molecule has 0 spiro atoms. The molecular weight excluding hydrogens is 317 g/mol. The molecule has 1 aromatic rings. The molecule has 0 unspecified atom stereocenters. The third-order valence-electron chi connectivity index (χ3n) is 2.16. The number of carbonyl (C=O) groups is 1. The molecule has 0 aromatic heterocycles. The maximum absolute atomic E-state index is 12.8. The first-order chi connectivity index (χ1) is 7.88. The predicted molar refractivity (Wildman–Crippen MR) is 65.7 cm³/mol. The van der Waals surface area contributed by atoms with E-state index in [-0.39, 0.29) is 23.1 Å². The standard InChI is InChI=1S/C11H10BrF3OS/c1-17-9-3-2-7(4-8(16)6-12)10(5-9)11(13,14)15/h2-3,5H,4,6H2,1H3. The van der Waals surface area contributed by atoms with E-state index in [2.05, 4.69) is 15.9 Å². The van der Waals surface area contributed by atoms with Crippen LogP contribution in [-0.2, 0) is 17.4 Å². The van der Waals surface area contributed by atoms with Crippen molar-refractivity contribution in [3.63, 3.8) is 0 Å². The fourth-order valence-electron chi connectivity index (χ4n) is 1.36. The van der Waals surface area contributed by atoms with Crippen molar-refractivity contribution in [2.24, 2.45) is 0 Å². The largest absolute Gasteiger partial charge is 0.416 e. The Morgan fingerprint density at radius 2 is 2.06 bits per heavy atom. The van der Waals surface area contributed by atoms with Crippen LogP contribution in [0.25, 0.3) is 0 Å². The topological polar surface area (TPSA) is 17.1 Å². The minimum absolute atomic E-state index is 0.0275. The van der Waals surface area contributed by atoms with Crippen LogP contribution in [0.2, 0.25) is 0 Å². The SMILES string of the molecule is CSc1ccc(CC(=O)CBr)c(C(F)(F)F)c1. The number of ketones is 1. The van der Waals surface area contributed by atoms with Gasteiger partial charge in [-0.25, -0.2) is 0 Å². The van der Waals surface area contributed by atoms with Crippen LogP contribution < -0.4 is 0 Å². The molecule has 1 aromatic carbocycles. The summed E-state index contributed by atoms with van der Waals surface area (Å²) in [6.07, 6.45) is -2.92. The highest BCUT2D eigenvalue weighted by Gasteiger charge is 2.33. The third-order valence-corrected chi connectivity index (χ3v) is 3.51. The summed E-state index contributed by atoms with van der Waals surface area (Å²) >= 11 is 4.18. The number of rotatable bonds is 4. The van der Waals surface area contributed by atoms with Gasteiger partial charge < -0.3 is 0 Å². The Bertz CT molecular complexity index is 418. The van der Waals surface area contributed by atoms with E-state index in [1.54, 1.807) is 12.3 Å². The first-order valence-electron chi connectivity index (χ1n) is 4.70. The normalized spacial score (nSPS) is 11.6. The van der Waals surface area contributed by atoms with Crippen molar-refractivity contribution in [1.82, 2.24) is 0 Å². The van der Waals surface area contributed by atoms with Gasteiger partial charge in [-0.15, -0.1) is 11.8 Å². The lowest BCUT2D eigenvalue weighted by Gasteiger charge is -2.13. The number of carbonyl (C=O) groups excluding carboxylic acids is 1. The van der Waals surface area contributed by atoms with Gasteiger partial charge in [-0.1, -0.05) is 22.0 Å². The van der Waals surface area contributed by atoms with Crippen molar-refractivity contribution in [3.8, 4) is 0 Å². The maximum atomic E-state index is 12.8. The van der Waals surface area contributed by atoms with E-state index in [0.29, 0.717) is 4.90 Å². The fourth-order valence-corrected chi connectivity index (χ4v) is 2.00. The molecule has 6 heteroatoms. The number of hydrogen-bond acceptors (Lipinski definition) is 2. The third kappa shape index (κ3) is 4.03. The lowest BCUT2D eigenvalue weighted by atomic mass is 10.0. The molecule has 0 saturated carbocycles. The Balaban J connectivity index is 3.16. The summed E-state index contributed by atoms with van der Waals surface area (Å²) in [5.74, 6) is -0.271. The fraction of sp³-hybridized carbons (Fsp3) is 0.364. The number of Topliss-reactive ketones (excluding diaryl/α,β-unsaturated/α-hetero) is 1. The van der Waals surface area contributed by atoms with E-state index in [9.17, 15) is 18.0 Å². The van der Waals surface area contributed by atoms with Gasteiger partial charge in [0.05, 0.1) is 10.9 Å². The number of halogens is 4. The Kier molecular flexibility index (Phi) is 5.06. The molecule has 0 aliphatic rings. The first kappa shape index (κ1) is 14.6. The van der Waals surface area contributed by atoms with Gasteiger partial charge >= 0.3 is 6.18 Å². The lowest BCUT2D eigenvalue weighted by molar-refractivity contribution is -0.138. The molecule has 0 amide bonds. The number of benzene rings is 1. The van der Waals surface area contributed by atoms with Crippen LogP contribution in [0.5, 0.6) is 0 Å². The molecule has 0 aliphatic carbocycles. The average Bonchev–Trinajstić information content (AvgIpc) is 2.28. The smallest absolute Gasteiger partial charge is 0.298 e. The van der Waals surface area contributed by atoms with Crippen molar-refractivity contribution >= 4 is 33.5 Å². The summed E-state index contributed by atoms with van der Waals surface area (Å²) in [7, 11) is 0. The van der Waals surface area contributed by atoms with Crippen molar-refractivity contribution < 1.29 is 18.0 Å². The van der Waals surface area contributed by atoms with Crippen LogP contribution in [0.1, 0.15) is 11.1 Å². The molecule has 0 fully saturated rings. The molecule has 17 heavy (non-hydrogen) atoms. The summed E-state index contributed by atoms with van der Waals surface area (Å²) in [6.45, 7) is 0. The summed E-state index contributed by atoms with van der Waals surface area (Å²) < 4.78 is 38.4. The first-order valence-corrected chi connectivity index (χ1v) is 7.05. The molecule has 0 radical (unpaired) electrons. The van der Waals surface area contributed by atoms with E-state index in [1.165, 1.54) is 17.8 Å². The lowest BCUT2D eigenvalue weighted by Crippen LogP contribution is -2.13. The van der Waals surface area contributed by atoms with Gasteiger partial charge in [-0.05, 0) is 24.0 Å². The summed E-state index contributed by atoms with van der Waals surface area (Å²) in [6, 6.07) is 4.05. The van der Waals surface area contributed by atoms with Crippen molar-refractivity contribution in [2.75, 3.05) is 11.6 Å². The van der Waals surface area contributed by atoms with E-state index in [0.717, 1.165) is 6.07 Å². The number of alkyl halides is 4. The Morgan fingerprint density at radius 3 is 2.53 bits per heavy atom. The van der Waals surface area contributed by atoms with Crippen LogP contribution in [0.15, 0.2) is 23.1 Å². The van der Waals surface area contributed by atoms with Gasteiger partial charge in [-0.2, -0.15) is 13.2 Å². The van der Waals surface area contributed by atoms with E-state index >= 15 is 0 Å². The zero-order chi connectivity index (χ0) is 13.1. The highest BCUT2D eigenvalue weighted by Crippen LogP contribution is 2.34. The summed E-state index contributed by atoms with van der Waals surface area (Å²) in [4.78, 5) is 11.7. The molecular formula is C11H10BrF3OS. The van der Waals surface area contributed by atoms with Gasteiger partial charge in [0.1, 0.15) is 5.78 Å². The van der Waals surface area contributed by atoms with Gasteiger partial charge in [-0.3, -0.25) is 4.79 Å². The second kappa shape index (κ2) is 5.91. The minimum Gasteiger partial charge on any atom is -0.298 e. The minimum atomic E-state index is -4.42. The van der Waals surface area contributed by atoms with Crippen molar-refractivity contribution in [1.29, 1.82) is 0 Å². The van der Waals surface area contributed by atoms with E-state index in [4.69, 9.17) is 0 Å². The summed E-state index contributed by atoms with van der Waals surface area (Å²) in [5, 5.41) is 0.0641. The molecule has 0 N–H and O–H groups in total. The predicted octanol–water partition coefficient (Wildman–Crippen LogP) is 3.93. The molecule has 0 saturated heterocycles. The van der Waals surface area contributed by atoms with Gasteiger partial charge in [0.25, 0.3) is 0 Å². The van der Waals surface area contributed by atoms with Crippen molar-refractivity contribution in [3.05, 3.63) is 29.3 Å². The van der Waals surface area contributed by atoms with Crippen LogP contribution in [0.4, 0.5) is 13.2 Å². The monoisotopic (exact) mass is 326 g/mol. The molecule has 94 valence electrons. The molecule has 1 rings (SSSR count). The molecule has 0 bridgehead atoms. The second-order valence-corrected chi connectivity index (χ2v) is 4.81. The Hall–Kier alpha value is -0.490. The Morgan fingerprint density at radius 1 is 1.41 bits per heavy atom. The summed E-state index contributed by atoms with van der Waals surface area (Å²) in [5.41, 5.74) is -0.696. The Labute approximate surface area is 110 Å². The second-order valence-electron chi connectivity index (χ2n) is 3.37. The van der Waals surface area contributed by atoms with Crippen LogP contribution >= 0.6 is 27.7 Å². The number of thioether (sulfide) groups is 1. The quantitative estimate of drug-likeness (QED) is 0.616. The van der Waals surface area contributed by atoms with Crippen LogP contribution in [0, 0.1) is 0 Å². The van der Waals surface area contributed by atoms with E-state index < -0.39 is 11.7 Å². The molecule has 0 atom stereocenters. The van der Waals surface area contributed by atoms with Gasteiger partial charge in [0.2, 0.25) is 0 Å². The highest BCUT2D eigenvalue weighted by atomic mass is 79.9. The molecule has 0 aliphatic heterocycles.